The van der Waals surface area contributed by atoms with Crippen LogP contribution in [0, 0.1) is 5.41 Å². The van der Waals surface area contributed by atoms with E-state index in [0.29, 0.717) is 19.6 Å². The molecule has 0 spiro atoms. The molecule has 1 atom stereocenters. The first-order valence-corrected chi connectivity index (χ1v) is 9.80. The minimum absolute atomic E-state index is 0.0309. The Bertz CT molecular complexity index is 546. The highest BCUT2D eigenvalue weighted by Crippen LogP contribution is 2.35. The molecule has 0 saturated carbocycles. The minimum Gasteiger partial charge on any atom is -0.296 e. The number of rotatable bonds is 2. The molecule has 0 aromatic carbocycles. The molecule has 2 aliphatic rings. The van der Waals surface area contributed by atoms with E-state index in [1.807, 2.05) is 6.92 Å². The molecule has 22 heavy (non-hydrogen) atoms. The summed E-state index contributed by atoms with van der Waals surface area (Å²) >= 11 is 0. The van der Waals surface area contributed by atoms with Gasteiger partial charge in [0.15, 0.2) is 0 Å². The highest BCUT2D eigenvalue weighted by Gasteiger charge is 2.45. The minimum atomic E-state index is -3.19. The molecule has 0 aliphatic carbocycles. The van der Waals surface area contributed by atoms with Gasteiger partial charge < -0.3 is 0 Å². The van der Waals surface area contributed by atoms with Crippen LogP contribution in [0.1, 0.15) is 54.9 Å². The SMILES string of the molecule is CC1C=C(C(C)(C)C)CCN1S(=O)(=O)C1CN(C(C)(C)C)C1. The Balaban J connectivity index is 2.09. The van der Waals surface area contributed by atoms with Crippen LogP contribution in [0.4, 0.5) is 0 Å². The molecule has 1 unspecified atom stereocenters. The zero-order valence-corrected chi connectivity index (χ0v) is 16.0. The summed E-state index contributed by atoms with van der Waals surface area (Å²) in [5.74, 6) is 0. The monoisotopic (exact) mass is 328 g/mol. The van der Waals surface area contributed by atoms with Gasteiger partial charge in [-0.25, -0.2) is 8.42 Å². The second kappa shape index (κ2) is 5.60. The van der Waals surface area contributed by atoms with Crippen molar-refractivity contribution in [1.29, 1.82) is 0 Å². The summed E-state index contributed by atoms with van der Waals surface area (Å²) in [5, 5.41) is -0.237. The van der Waals surface area contributed by atoms with Crippen LogP contribution in [0.15, 0.2) is 11.6 Å². The molecule has 2 rings (SSSR count). The Kier molecular flexibility index (Phi) is 4.57. The Hall–Kier alpha value is -0.390. The summed E-state index contributed by atoms with van der Waals surface area (Å²) in [5.41, 5.74) is 1.55. The number of hydrogen-bond donors (Lipinski definition) is 0. The van der Waals surface area contributed by atoms with Crippen LogP contribution in [0.2, 0.25) is 0 Å². The van der Waals surface area contributed by atoms with Crippen LogP contribution < -0.4 is 0 Å². The van der Waals surface area contributed by atoms with E-state index >= 15 is 0 Å². The van der Waals surface area contributed by atoms with E-state index in [2.05, 4.69) is 52.5 Å². The maximum atomic E-state index is 12.9. The van der Waals surface area contributed by atoms with Gasteiger partial charge in [-0.3, -0.25) is 4.90 Å². The van der Waals surface area contributed by atoms with Crippen molar-refractivity contribution in [1.82, 2.24) is 9.21 Å². The van der Waals surface area contributed by atoms with Crippen molar-refractivity contribution in [3.05, 3.63) is 11.6 Å². The normalized spacial score (nSPS) is 26.7. The van der Waals surface area contributed by atoms with E-state index < -0.39 is 10.0 Å². The molecule has 2 aliphatic heterocycles. The van der Waals surface area contributed by atoms with Crippen LogP contribution in [-0.4, -0.2) is 54.1 Å². The number of likely N-dealkylation sites (tertiary alicyclic amines) is 1. The van der Waals surface area contributed by atoms with Gasteiger partial charge in [-0.15, -0.1) is 0 Å². The second-order valence-corrected chi connectivity index (χ2v) is 11.0. The summed E-state index contributed by atoms with van der Waals surface area (Å²) in [7, 11) is -3.19. The molecule has 0 radical (unpaired) electrons. The highest BCUT2D eigenvalue weighted by atomic mass is 32.2. The number of nitrogens with zero attached hydrogens (tertiary/aromatic N) is 2. The summed E-state index contributed by atoms with van der Waals surface area (Å²) in [6, 6.07) is -0.0309. The van der Waals surface area contributed by atoms with Crippen molar-refractivity contribution in [2.45, 2.75) is 71.7 Å². The molecule has 0 N–H and O–H groups in total. The fraction of sp³-hybridized carbons (Fsp3) is 0.882. The van der Waals surface area contributed by atoms with Gasteiger partial charge in [-0.1, -0.05) is 32.4 Å². The summed E-state index contributed by atoms with van der Waals surface area (Å²) < 4.78 is 27.5. The maximum absolute atomic E-state index is 12.9. The predicted molar refractivity (Wildman–Crippen MR) is 92.4 cm³/mol. The smallest absolute Gasteiger partial charge is 0.220 e. The Labute approximate surface area is 136 Å². The number of hydrogen-bond acceptors (Lipinski definition) is 3. The fourth-order valence-electron chi connectivity index (χ4n) is 3.24. The molecule has 128 valence electrons. The molecule has 2 heterocycles. The van der Waals surface area contributed by atoms with Gasteiger partial charge in [0.1, 0.15) is 5.25 Å². The van der Waals surface area contributed by atoms with Crippen molar-refractivity contribution in [3.8, 4) is 0 Å². The Morgan fingerprint density at radius 2 is 1.64 bits per heavy atom. The van der Waals surface area contributed by atoms with Crippen LogP contribution in [0.3, 0.4) is 0 Å². The molecule has 1 fully saturated rings. The second-order valence-electron chi connectivity index (χ2n) is 8.79. The van der Waals surface area contributed by atoms with E-state index in [1.54, 1.807) is 4.31 Å². The largest absolute Gasteiger partial charge is 0.296 e. The van der Waals surface area contributed by atoms with Gasteiger partial charge >= 0.3 is 0 Å². The first kappa shape index (κ1) is 18.0. The average molecular weight is 329 g/mol. The van der Waals surface area contributed by atoms with Gasteiger partial charge in [0, 0.05) is 31.2 Å². The quantitative estimate of drug-likeness (QED) is 0.732. The van der Waals surface area contributed by atoms with Gasteiger partial charge in [-0.2, -0.15) is 4.31 Å². The lowest BCUT2D eigenvalue weighted by atomic mass is 9.82. The Morgan fingerprint density at radius 1 is 1.09 bits per heavy atom. The standard InChI is InChI=1S/C17H32N2O2S/c1-13-10-14(16(2,3)4)8-9-19(13)22(20,21)15-11-18(12-15)17(5,6)7/h10,13,15H,8-9,11-12H2,1-7H3. The van der Waals surface area contributed by atoms with E-state index in [-0.39, 0.29) is 22.2 Å². The van der Waals surface area contributed by atoms with Gasteiger partial charge in [0.05, 0.1) is 0 Å². The number of sulfonamides is 1. The van der Waals surface area contributed by atoms with Gasteiger partial charge in [0.2, 0.25) is 10.0 Å². The van der Waals surface area contributed by atoms with Crippen molar-refractivity contribution in [3.63, 3.8) is 0 Å². The molecule has 0 aromatic rings. The molecule has 0 bridgehead atoms. The van der Waals surface area contributed by atoms with E-state index in [0.717, 1.165) is 6.42 Å². The summed E-state index contributed by atoms with van der Waals surface area (Å²) in [6.45, 7) is 16.9. The van der Waals surface area contributed by atoms with Crippen LogP contribution in [-0.2, 0) is 10.0 Å². The maximum Gasteiger partial charge on any atom is 0.220 e. The van der Waals surface area contributed by atoms with Crippen molar-refractivity contribution < 1.29 is 8.42 Å². The van der Waals surface area contributed by atoms with Gasteiger partial charge in [-0.05, 0) is 39.5 Å². The lowest BCUT2D eigenvalue weighted by molar-refractivity contribution is 0.0699. The average Bonchev–Trinajstić information content (AvgIpc) is 2.22. The van der Waals surface area contributed by atoms with Crippen LogP contribution in [0.25, 0.3) is 0 Å². The molecule has 1 saturated heterocycles. The lowest BCUT2D eigenvalue weighted by Crippen LogP contribution is -2.64. The van der Waals surface area contributed by atoms with Crippen molar-refractivity contribution >= 4 is 10.0 Å². The highest BCUT2D eigenvalue weighted by molar-refractivity contribution is 7.89. The topological polar surface area (TPSA) is 40.6 Å². The molecule has 4 nitrogen and oxygen atoms in total. The van der Waals surface area contributed by atoms with E-state index in [9.17, 15) is 8.42 Å². The molecule has 0 amide bonds. The predicted octanol–water partition coefficient (Wildman–Crippen LogP) is 2.87. The molecular formula is C17H32N2O2S. The third-order valence-electron chi connectivity index (χ3n) is 5.01. The summed E-state index contributed by atoms with van der Waals surface area (Å²) in [4.78, 5) is 2.24. The van der Waals surface area contributed by atoms with Crippen molar-refractivity contribution in [2.75, 3.05) is 19.6 Å². The van der Waals surface area contributed by atoms with Crippen LogP contribution in [0.5, 0.6) is 0 Å². The molecule has 0 aromatic heterocycles. The molecule has 5 heteroatoms. The van der Waals surface area contributed by atoms with Gasteiger partial charge in [0.25, 0.3) is 0 Å². The lowest BCUT2D eigenvalue weighted by Gasteiger charge is -2.49. The zero-order valence-electron chi connectivity index (χ0n) is 15.2. The van der Waals surface area contributed by atoms with Crippen LogP contribution >= 0.6 is 0 Å². The molecular weight excluding hydrogens is 296 g/mol. The van der Waals surface area contributed by atoms with Crippen molar-refractivity contribution in [2.24, 2.45) is 5.41 Å². The summed E-state index contributed by atoms with van der Waals surface area (Å²) in [6.07, 6.45) is 3.00. The first-order valence-electron chi connectivity index (χ1n) is 8.30. The first-order chi connectivity index (χ1) is 9.83. The third kappa shape index (κ3) is 3.41. The fourth-order valence-corrected chi connectivity index (χ4v) is 5.23. The van der Waals surface area contributed by atoms with E-state index in [1.165, 1.54) is 5.57 Å². The zero-order chi connectivity index (χ0) is 16.9. The Morgan fingerprint density at radius 3 is 2.05 bits per heavy atom. The van der Waals surface area contributed by atoms with E-state index in [4.69, 9.17) is 0 Å². The third-order valence-corrected chi connectivity index (χ3v) is 7.32.